The van der Waals surface area contributed by atoms with Crippen molar-refractivity contribution in [2.24, 2.45) is 0 Å². The van der Waals surface area contributed by atoms with Gasteiger partial charge in [-0.15, -0.1) is 0 Å². The van der Waals surface area contributed by atoms with Crippen molar-refractivity contribution in [1.82, 2.24) is 0 Å². The summed E-state index contributed by atoms with van der Waals surface area (Å²) in [5.74, 6) is 0. The molecule has 0 N–H and O–H groups in total. The fourth-order valence-corrected chi connectivity index (χ4v) is 6.56. The highest BCUT2D eigenvalue weighted by atomic mass is 28.4. The van der Waals surface area contributed by atoms with Crippen molar-refractivity contribution in [3.63, 3.8) is 0 Å². The SMILES string of the molecule is Cc1cccc([Si](OC(C)C)(OC(C)C)c2cccc(C)c2)c1. The Bertz CT molecular complexity index is 592. The zero-order valence-electron chi connectivity index (χ0n) is 15.1. The lowest BCUT2D eigenvalue weighted by atomic mass is 10.2. The van der Waals surface area contributed by atoms with Crippen LogP contribution in [0.1, 0.15) is 38.8 Å². The highest BCUT2D eigenvalue weighted by Crippen LogP contribution is 2.16. The van der Waals surface area contributed by atoms with Crippen LogP contribution in [0.15, 0.2) is 48.5 Å². The molecule has 0 aromatic heterocycles. The maximum Gasteiger partial charge on any atom is 0.407 e. The van der Waals surface area contributed by atoms with Crippen LogP contribution >= 0.6 is 0 Å². The Hall–Kier alpha value is -1.42. The summed E-state index contributed by atoms with van der Waals surface area (Å²) in [5.41, 5.74) is 2.46. The van der Waals surface area contributed by atoms with Crippen LogP contribution < -0.4 is 10.4 Å². The minimum Gasteiger partial charge on any atom is -0.385 e. The van der Waals surface area contributed by atoms with E-state index >= 15 is 0 Å². The summed E-state index contributed by atoms with van der Waals surface area (Å²) >= 11 is 0. The van der Waals surface area contributed by atoms with E-state index in [1.165, 1.54) is 21.5 Å². The van der Waals surface area contributed by atoms with Crippen molar-refractivity contribution in [3.05, 3.63) is 59.7 Å². The van der Waals surface area contributed by atoms with Crippen molar-refractivity contribution in [2.75, 3.05) is 0 Å². The molecule has 0 aliphatic carbocycles. The molecule has 2 nitrogen and oxygen atoms in total. The van der Waals surface area contributed by atoms with Crippen LogP contribution in [-0.4, -0.2) is 20.8 Å². The first-order valence-electron chi connectivity index (χ1n) is 8.33. The molecule has 124 valence electrons. The molecule has 0 radical (unpaired) electrons. The monoisotopic (exact) mass is 328 g/mol. The Balaban J connectivity index is 2.68. The van der Waals surface area contributed by atoms with Crippen LogP contribution in [0.25, 0.3) is 0 Å². The predicted octanol–water partition coefficient (Wildman–Crippen LogP) is 3.71. The molecule has 2 aromatic rings. The van der Waals surface area contributed by atoms with E-state index in [0.29, 0.717) is 0 Å². The van der Waals surface area contributed by atoms with Gasteiger partial charge in [0, 0.05) is 12.2 Å². The molecule has 0 aliphatic rings. The summed E-state index contributed by atoms with van der Waals surface area (Å²) < 4.78 is 13.1. The van der Waals surface area contributed by atoms with Gasteiger partial charge in [0.1, 0.15) is 0 Å². The molecule has 0 unspecified atom stereocenters. The van der Waals surface area contributed by atoms with Crippen molar-refractivity contribution in [1.29, 1.82) is 0 Å². The van der Waals surface area contributed by atoms with Crippen LogP contribution in [0.5, 0.6) is 0 Å². The first-order valence-corrected chi connectivity index (χ1v) is 10.1. The lowest BCUT2D eigenvalue weighted by Crippen LogP contribution is -2.65. The molecule has 0 fully saturated rings. The highest BCUT2D eigenvalue weighted by molar-refractivity contribution is 6.92. The van der Waals surface area contributed by atoms with E-state index < -0.39 is 8.56 Å². The summed E-state index contributed by atoms with van der Waals surface area (Å²) in [6.45, 7) is 12.6. The van der Waals surface area contributed by atoms with E-state index in [1.807, 2.05) is 0 Å². The van der Waals surface area contributed by atoms with Crippen LogP contribution in [-0.2, 0) is 8.85 Å². The second-order valence-electron chi connectivity index (χ2n) is 6.69. The van der Waals surface area contributed by atoms with Crippen LogP contribution in [0.2, 0.25) is 0 Å². The number of benzene rings is 2. The Morgan fingerprint density at radius 3 is 1.39 bits per heavy atom. The maximum atomic E-state index is 6.55. The fourth-order valence-electron chi connectivity index (χ4n) is 2.83. The van der Waals surface area contributed by atoms with Crippen molar-refractivity contribution in [3.8, 4) is 0 Å². The van der Waals surface area contributed by atoms with Gasteiger partial charge in [-0.05, 0) is 51.9 Å². The topological polar surface area (TPSA) is 18.5 Å². The molecule has 3 heteroatoms. The van der Waals surface area contributed by atoms with Crippen molar-refractivity contribution < 1.29 is 8.85 Å². The zero-order valence-corrected chi connectivity index (χ0v) is 16.1. The summed E-state index contributed by atoms with van der Waals surface area (Å²) in [6.07, 6.45) is 0.197. The van der Waals surface area contributed by atoms with Gasteiger partial charge in [-0.25, -0.2) is 0 Å². The summed E-state index contributed by atoms with van der Waals surface area (Å²) in [5, 5.41) is 2.34. The largest absolute Gasteiger partial charge is 0.407 e. The minimum atomic E-state index is -2.74. The van der Waals surface area contributed by atoms with Gasteiger partial charge in [-0.1, -0.05) is 59.7 Å². The predicted molar refractivity (Wildman–Crippen MR) is 99.8 cm³/mol. The standard InChI is InChI=1S/C20H28O2Si/c1-15(2)21-23(22-16(3)4,19-11-7-9-17(5)13-19)20-12-8-10-18(6)14-20/h7-16H,1-6H3. The third-order valence-corrected chi connectivity index (χ3v) is 7.35. The van der Waals surface area contributed by atoms with Gasteiger partial charge in [-0.2, -0.15) is 0 Å². The number of hydrogen-bond acceptors (Lipinski definition) is 2. The third-order valence-electron chi connectivity index (χ3n) is 3.60. The molecule has 0 aliphatic heterocycles. The molecular formula is C20H28O2Si. The molecule has 0 saturated carbocycles. The van der Waals surface area contributed by atoms with Gasteiger partial charge in [0.15, 0.2) is 0 Å². The molecule has 23 heavy (non-hydrogen) atoms. The maximum absolute atomic E-state index is 6.55. The van der Waals surface area contributed by atoms with Crippen LogP contribution in [0, 0.1) is 13.8 Å². The van der Waals surface area contributed by atoms with Gasteiger partial charge in [-0.3, -0.25) is 0 Å². The summed E-state index contributed by atoms with van der Waals surface area (Å²) in [6, 6.07) is 17.1. The number of aryl methyl sites for hydroxylation is 2. The third kappa shape index (κ3) is 4.31. The first kappa shape index (κ1) is 17.9. The molecular weight excluding hydrogens is 300 g/mol. The van der Waals surface area contributed by atoms with E-state index in [2.05, 4.69) is 90.1 Å². The van der Waals surface area contributed by atoms with Gasteiger partial charge in [0.25, 0.3) is 0 Å². The van der Waals surface area contributed by atoms with Gasteiger partial charge >= 0.3 is 8.56 Å². The second-order valence-corrected chi connectivity index (χ2v) is 9.55. The average Bonchev–Trinajstić information content (AvgIpc) is 2.45. The van der Waals surface area contributed by atoms with E-state index in [1.54, 1.807) is 0 Å². The normalized spacial score (nSPS) is 12.2. The summed E-state index contributed by atoms with van der Waals surface area (Å²) in [4.78, 5) is 0. The van der Waals surface area contributed by atoms with Gasteiger partial charge in [0.2, 0.25) is 0 Å². The molecule has 0 saturated heterocycles. The smallest absolute Gasteiger partial charge is 0.385 e. The molecule has 0 spiro atoms. The Labute approximate surface area is 141 Å². The molecule has 0 heterocycles. The molecule has 0 bridgehead atoms. The van der Waals surface area contributed by atoms with E-state index in [0.717, 1.165) is 0 Å². The van der Waals surface area contributed by atoms with Gasteiger partial charge < -0.3 is 8.85 Å². The van der Waals surface area contributed by atoms with E-state index in [4.69, 9.17) is 8.85 Å². The number of rotatable bonds is 6. The zero-order chi connectivity index (χ0) is 17.0. The van der Waals surface area contributed by atoms with Crippen molar-refractivity contribution >= 4 is 18.9 Å². The average molecular weight is 329 g/mol. The first-order chi connectivity index (χ1) is 10.8. The quantitative estimate of drug-likeness (QED) is 0.753. The number of hydrogen-bond donors (Lipinski definition) is 0. The molecule has 2 rings (SSSR count). The molecule has 0 amide bonds. The van der Waals surface area contributed by atoms with Crippen molar-refractivity contribution in [2.45, 2.75) is 53.8 Å². The lowest BCUT2D eigenvalue weighted by Gasteiger charge is -2.35. The lowest BCUT2D eigenvalue weighted by molar-refractivity contribution is 0.125. The van der Waals surface area contributed by atoms with E-state index in [-0.39, 0.29) is 12.2 Å². The van der Waals surface area contributed by atoms with Gasteiger partial charge in [0.05, 0.1) is 0 Å². The Kier molecular flexibility index (Phi) is 5.79. The Morgan fingerprint density at radius 1 is 0.696 bits per heavy atom. The summed E-state index contributed by atoms with van der Waals surface area (Å²) in [7, 11) is -2.74. The minimum absolute atomic E-state index is 0.0986. The van der Waals surface area contributed by atoms with E-state index in [9.17, 15) is 0 Å². The molecule has 2 aromatic carbocycles. The second kappa shape index (κ2) is 7.43. The van der Waals surface area contributed by atoms with Crippen LogP contribution in [0.4, 0.5) is 0 Å². The molecule has 0 atom stereocenters. The van der Waals surface area contributed by atoms with Crippen LogP contribution in [0.3, 0.4) is 0 Å². The fraction of sp³-hybridized carbons (Fsp3) is 0.400. The highest BCUT2D eigenvalue weighted by Gasteiger charge is 2.44. The Morgan fingerprint density at radius 2 is 1.09 bits per heavy atom.